The lowest BCUT2D eigenvalue weighted by Crippen LogP contribution is -2.18. The molecule has 0 radical (unpaired) electrons. The van der Waals surface area contributed by atoms with Crippen LogP contribution in [0.2, 0.25) is 0 Å². The van der Waals surface area contributed by atoms with E-state index >= 15 is 0 Å². The molecule has 0 heterocycles. The van der Waals surface area contributed by atoms with Crippen LogP contribution >= 0.6 is 0 Å². The minimum Gasteiger partial charge on any atom is -0.330 e. The van der Waals surface area contributed by atoms with E-state index < -0.39 is 0 Å². The third-order valence-corrected chi connectivity index (χ3v) is 1.94. The van der Waals surface area contributed by atoms with Crippen molar-refractivity contribution in [3.05, 3.63) is 5.57 Å². The molecule has 0 rings (SSSR count). The van der Waals surface area contributed by atoms with E-state index in [1.807, 2.05) is 19.8 Å². The molecule has 2 N–H and O–H groups in total. The minimum atomic E-state index is -0.0729. The first-order chi connectivity index (χ1) is 4.54. The average Bonchev–Trinajstić information content (AvgIpc) is 1.86. The first-order valence-electron chi connectivity index (χ1n) is 3.47. The minimum absolute atomic E-state index is 0.0729. The summed E-state index contributed by atoms with van der Waals surface area (Å²) in [6, 6.07) is 0. The second-order valence-corrected chi connectivity index (χ2v) is 3.15. The first kappa shape index (κ1) is 9.41. The normalized spacial score (nSPS) is 10.8. The summed E-state index contributed by atoms with van der Waals surface area (Å²) in [5, 5.41) is 0. The Kier molecular flexibility index (Phi) is 3.34. The van der Waals surface area contributed by atoms with E-state index in [2.05, 4.69) is 0 Å². The van der Waals surface area contributed by atoms with Crippen LogP contribution in [0, 0.1) is 5.41 Å². The Bertz CT molecular complexity index is 155. The van der Waals surface area contributed by atoms with Gasteiger partial charge in [0.25, 0.3) is 0 Å². The number of hydrogen-bond acceptors (Lipinski definition) is 2. The highest BCUT2D eigenvalue weighted by Crippen LogP contribution is 2.26. The van der Waals surface area contributed by atoms with E-state index in [4.69, 9.17) is 5.73 Å². The second-order valence-electron chi connectivity index (χ2n) is 3.15. The van der Waals surface area contributed by atoms with Gasteiger partial charge in [-0.1, -0.05) is 13.8 Å². The summed E-state index contributed by atoms with van der Waals surface area (Å²) in [6.45, 7) is 6.41. The van der Waals surface area contributed by atoms with Crippen LogP contribution in [-0.2, 0) is 4.79 Å². The maximum absolute atomic E-state index is 10.2. The summed E-state index contributed by atoms with van der Waals surface area (Å²) in [6.07, 6.45) is 0.841. The molecular weight excluding hydrogens is 126 g/mol. The maximum Gasteiger partial charge on any atom is 0.123 e. The van der Waals surface area contributed by atoms with Crippen LogP contribution in [0.1, 0.15) is 27.2 Å². The van der Waals surface area contributed by atoms with Gasteiger partial charge in [0.05, 0.1) is 0 Å². The lowest BCUT2D eigenvalue weighted by molar-refractivity contribution is 0.415. The Morgan fingerprint density at radius 2 is 2.10 bits per heavy atom. The summed E-state index contributed by atoms with van der Waals surface area (Å²) >= 11 is 0. The van der Waals surface area contributed by atoms with E-state index in [1.54, 1.807) is 6.92 Å². The van der Waals surface area contributed by atoms with E-state index in [1.165, 1.54) is 0 Å². The van der Waals surface area contributed by atoms with Gasteiger partial charge < -0.3 is 5.73 Å². The zero-order valence-corrected chi connectivity index (χ0v) is 6.90. The highest BCUT2D eigenvalue weighted by Gasteiger charge is 2.19. The van der Waals surface area contributed by atoms with Crippen molar-refractivity contribution in [3.63, 3.8) is 0 Å². The fourth-order valence-corrected chi connectivity index (χ4v) is 0.686. The molecule has 0 aromatic heterocycles. The molecule has 0 saturated heterocycles. The molecule has 0 aromatic rings. The van der Waals surface area contributed by atoms with Crippen LogP contribution < -0.4 is 5.73 Å². The van der Waals surface area contributed by atoms with Gasteiger partial charge >= 0.3 is 0 Å². The Morgan fingerprint density at radius 1 is 1.60 bits per heavy atom. The number of allylic oxidation sites excluding steroid dienone is 1. The summed E-state index contributed by atoms with van der Waals surface area (Å²) in [4.78, 5) is 10.2. The maximum atomic E-state index is 10.2. The zero-order valence-electron chi connectivity index (χ0n) is 6.90. The van der Waals surface area contributed by atoms with E-state index in [0.29, 0.717) is 6.54 Å². The quantitative estimate of drug-likeness (QED) is 0.599. The number of nitrogens with two attached hydrogens (primary N) is 1. The number of rotatable bonds is 3. The van der Waals surface area contributed by atoms with Gasteiger partial charge in [-0.05, 0) is 25.3 Å². The Balaban J connectivity index is 4.24. The first-order valence-corrected chi connectivity index (χ1v) is 3.47. The molecule has 0 amide bonds. The largest absolute Gasteiger partial charge is 0.330 e. The number of carbonyl (C=O) groups excluding carboxylic acids is 1. The monoisotopic (exact) mass is 141 g/mol. The predicted molar refractivity (Wildman–Crippen MR) is 42.3 cm³/mol. The molecule has 10 heavy (non-hydrogen) atoms. The van der Waals surface area contributed by atoms with E-state index in [9.17, 15) is 4.79 Å². The molecule has 0 spiro atoms. The van der Waals surface area contributed by atoms with Crippen molar-refractivity contribution in [3.8, 4) is 0 Å². The van der Waals surface area contributed by atoms with Crippen molar-refractivity contribution in [2.75, 3.05) is 6.54 Å². The molecule has 0 aliphatic heterocycles. The molecule has 0 unspecified atom stereocenters. The lowest BCUT2D eigenvalue weighted by atomic mass is 9.83. The molecule has 0 fully saturated rings. The average molecular weight is 141 g/mol. The fourth-order valence-electron chi connectivity index (χ4n) is 0.686. The van der Waals surface area contributed by atoms with Gasteiger partial charge in [-0.3, -0.25) is 0 Å². The molecule has 0 aliphatic carbocycles. The fraction of sp³-hybridized carbons (Fsp3) is 0.750. The predicted octanol–water partition coefficient (Wildman–Crippen LogP) is 1.14. The molecule has 0 aromatic carbocycles. The van der Waals surface area contributed by atoms with Crippen LogP contribution in [0.15, 0.2) is 5.57 Å². The Labute approximate surface area is 62.1 Å². The zero-order chi connectivity index (χ0) is 8.20. The lowest BCUT2D eigenvalue weighted by Gasteiger charge is -2.21. The topological polar surface area (TPSA) is 43.1 Å². The van der Waals surface area contributed by atoms with Crippen LogP contribution in [0.3, 0.4) is 0 Å². The van der Waals surface area contributed by atoms with Gasteiger partial charge in [0, 0.05) is 5.57 Å². The van der Waals surface area contributed by atoms with Crippen molar-refractivity contribution in [1.29, 1.82) is 0 Å². The van der Waals surface area contributed by atoms with Gasteiger partial charge in [0.1, 0.15) is 5.94 Å². The van der Waals surface area contributed by atoms with E-state index in [0.717, 1.165) is 12.0 Å². The van der Waals surface area contributed by atoms with Crippen LogP contribution in [0.25, 0.3) is 0 Å². The van der Waals surface area contributed by atoms with Crippen LogP contribution in [0.5, 0.6) is 0 Å². The van der Waals surface area contributed by atoms with E-state index in [-0.39, 0.29) is 5.41 Å². The second kappa shape index (κ2) is 3.55. The molecule has 58 valence electrons. The SMILES string of the molecule is CC(=C=O)C(C)(C)CCN. The van der Waals surface area contributed by atoms with Gasteiger partial charge in [-0.2, -0.15) is 0 Å². The van der Waals surface area contributed by atoms with Crippen molar-refractivity contribution in [2.45, 2.75) is 27.2 Å². The van der Waals surface area contributed by atoms with Crippen molar-refractivity contribution in [1.82, 2.24) is 0 Å². The molecular formula is C8H15NO. The summed E-state index contributed by atoms with van der Waals surface area (Å²) in [5.74, 6) is 1.90. The highest BCUT2D eigenvalue weighted by atomic mass is 16.1. The molecule has 0 saturated carbocycles. The molecule has 0 atom stereocenters. The molecule has 2 nitrogen and oxygen atoms in total. The third-order valence-electron chi connectivity index (χ3n) is 1.94. The molecule has 0 aliphatic rings. The smallest absolute Gasteiger partial charge is 0.123 e. The van der Waals surface area contributed by atoms with Crippen LogP contribution in [-0.4, -0.2) is 12.5 Å². The summed E-state index contributed by atoms with van der Waals surface area (Å²) < 4.78 is 0. The summed E-state index contributed by atoms with van der Waals surface area (Å²) in [7, 11) is 0. The van der Waals surface area contributed by atoms with Crippen molar-refractivity contribution < 1.29 is 4.79 Å². The van der Waals surface area contributed by atoms with Crippen LogP contribution in [0.4, 0.5) is 0 Å². The number of hydrogen-bond donors (Lipinski definition) is 1. The molecule has 2 heteroatoms. The Morgan fingerprint density at radius 3 is 2.40 bits per heavy atom. The van der Waals surface area contributed by atoms with Gasteiger partial charge in [0.2, 0.25) is 0 Å². The van der Waals surface area contributed by atoms with Gasteiger partial charge in [-0.15, -0.1) is 0 Å². The molecule has 0 bridgehead atoms. The van der Waals surface area contributed by atoms with Crippen molar-refractivity contribution >= 4 is 5.94 Å². The van der Waals surface area contributed by atoms with Crippen molar-refractivity contribution in [2.24, 2.45) is 11.1 Å². The third kappa shape index (κ3) is 2.34. The van der Waals surface area contributed by atoms with Gasteiger partial charge in [0.15, 0.2) is 0 Å². The Hall–Kier alpha value is -0.590. The summed E-state index contributed by atoms with van der Waals surface area (Å²) in [5.41, 5.74) is 6.04. The van der Waals surface area contributed by atoms with Gasteiger partial charge in [-0.25, -0.2) is 4.79 Å². The highest BCUT2D eigenvalue weighted by molar-refractivity contribution is 5.53. The standard InChI is InChI=1S/C8H15NO/c1-7(6-10)8(2,3)4-5-9/h4-5,9H2,1-3H3.